The van der Waals surface area contributed by atoms with Crippen LogP contribution in [0.3, 0.4) is 0 Å². The molecule has 2 amide bonds. The molecule has 2 heterocycles. The third kappa shape index (κ3) is 6.07. The second-order valence-corrected chi connectivity index (χ2v) is 9.40. The Labute approximate surface area is 223 Å². The molecule has 1 atom stereocenters. The third-order valence-electron chi connectivity index (χ3n) is 6.62. The van der Waals surface area contributed by atoms with Gasteiger partial charge in [0.05, 0.1) is 18.7 Å². The Kier molecular flexibility index (Phi) is 8.84. The standard InChI is InChI=1S/C30H34N4O4/c1-4-12-24-26(30(37)38-5-2)27(32-28(31-24)23-15-10-7-11-16-23)29(36)33-17-18-34(21(3)20-33)25(35)19-22-13-8-6-9-14-22/h6-11,13-16,21H,4-5,12,17-20H2,1-3H3. The molecule has 0 saturated carbocycles. The Morgan fingerprint density at radius 2 is 1.63 bits per heavy atom. The first kappa shape index (κ1) is 27.0. The lowest BCUT2D eigenvalue weighted by Gasteiger charge is -2.40. The van der Waals surface area contributed by atoms with Gasteiger partial charge in [0.25, 0.3) is 5.91 Å². The summed E-state index contributed by atoms with van der Waals surface area (Å²) < 4.78 is 5.32. The summed E-state index contributed by atoms with van der Waals surface area (Å²) in [6.45, 7) is 6.94. The van der Waals surface area contributed by atoms with Gasteiger partial charge in [-0.25, -0.2) is 14.8 Å². The molecule has 4 rings (SSSR count). The van der Waals surface area contributed by atoms with Crippen molar-refractivity contribution in [2.24, 2.45) is 0 Å². The summed E-state index contributed by atoms with van der Waals surface area (Å²) in [5, 5.41) is 0. The van der Waals surface area contributed by atoms with Crippen LogP contribution in [-0.2, 0) is 22.4 Å². The number of ether oxygens (including phenoxy) is 1. The SMILES string of the molecule is CCCc1nc(-c2ccccc2)nc(C(=O)N2CCN(C(=O)Cc3ccccc3)C(C)C2)c1C(=O)OCC. The van der Waals surface area contributed by atoms with Crippen molar-refractivity contribution in [3.8, 4) is 11.4 Å². The molecule has 1 aliphatic heterocycles. The van der Waals surface area contributed by atoms with Crippen molar-refractivity contribution in [2.75, 3.05) is 26.2 Å². The zero-order valence-electron chi connectivity index (χ0n) is 22.2. The fourth-order valence-electron chi connectivity index (χ4n) is 4.75. The number of amides is 2. The minimum absolute atomic E-state index is 0.0293. The number of nitrogens with zero attached hydrogens (tertiary/aromatic N) is 4. The van der Waals surface area contributed by atoms with Crippen molar-refractivity contribution in [3.63, 3.8) is 0 Å². The minimum atomic E-state index is -0.594. The molecule has 1 aliphatic rings. The number of carbonyl (C=O) groups is 3. The fraction of sp³-hybridized carbons (Fsp3) is 0.367. The third-order valence-corrected chi connectivity index (χ3v) is 6.62. The van der Waals surface area contributed by atoms with E-state index in [-0.39, 0.29) is 35.7 Å². The van der Waals surface area contributed by atoms with Gasteiger partial charge in [0.2, 0.25) is 5.91 Å². The highest BCUT2D eigenvalue weighted by Crippen LogP contribution is 2.24. The minimum Gasteiger partial charge on any atom is -0.462 e. The van der Waals surface area contributed by atoms with Gasteiger partial charge < -0.3 is 14.5 Å². The van der Waals surface area contributed by atoms with Crippen molar-refractivity contribution < 1.29 is 19.1 Å². The summed E-state index contributed by atoms with van der Waals surface area (Å²) in [5.41, 5.74) is 2.41. The van der Waals surface area contributed by atoms with Crippen LogP contribution in [-0.4, -0.2) is 69.8 Å². The van der Waals surface area contributed by atoms with Crippen LogP contribution in [0.25, 0.3) is 11.4 Å². The Hall–Kier alpha value is -4.07. The molecule has 2 aromatic carbocycles. The maximum atomic E-state index is 13.9. The molecular weight excluding hydrogens is 480 g/mol. The van der Waals surface area contributed by atoms with Gasteiger partial charge in [0.15, 0.2) is 5.82 Å². The number of aromatic nitrogens is 2. The monoisotopic (exact) mass is 514 g/mol. The van der Waals surface area contributed by atoms with Crippen molar-refractivity contribution in [1.29, 1.82) is 0 Å². The number of hydrogen-bond donors (Lipinski definition) is 0. The lowest BCUT2D eigenvalue weighted by molar-refractivity contribution is -0.134. The van der Waals surface area contributed by atoms with Crippen molar-refractivity contribution in [2.45, 2.75) is 46.1 Å². The number of benzene rings is 2. The smallest absolute Gasteiger partial charge is 0.342 e. The lowest BCUT2D eigenvalue weighted by atomic mass is 10.0. The molecule has 1 unspecified atom stereocenters. The Balaban J connectivity index is 1.63. The normalized spacial score (nSPS) is 15.3. The summed E-state index contributed by atoms with van der Waals surface area (Å²) >= 11 is 0. The van der Waals surface area contributed by atoms with Gasteiger partial charge in [-0.2, -0.15) is 0 Å². The van der Waals surface area contributed by atoms with Gasteiger partial charge in [-0.15, -0.1) is 0 Å². The molecule has 1 aromatic heterocycles. The molecule has 1 saturated heterocycles. The molecule has 0 spiro atoms. The molecule has 8 nitrogen and oxygen atoms in total. The van der Waals surface area contributed by atoms with Gasteiger partial charge >= 0.3 is 5.97 Å². The van der Waals surface area contributed by atoms with Gasteiger partial charge in [0.1, 0.15) is 11.3 Å². The van der Waals surface area contributed by atoms with E-state index in [0.29, 0.717) is 44.0 Å². The Morgan fingerprint density at radius 3 is 2.26 bits per heavy atom. The van der Waals surface area contributed by atoms with Crippen LogP contribution in [0.4, 0.5) is 0 Å². The average Bonchev–Trinajstić information content (AvgIpc) is 2.93. The van der Waals surface area contributed by atoms with E-state index < -0.39 is 5.97 Å². The van der Waals surface area contributed by atoms with Crippen molar-refractivity contribution in [1.82, 2.24) is 19.8 Å². The van der Waals surface area contributed by atoms with E-state index >= 15 is 0 Å². The molecular formula is C30H34N4O4. The number of hydrogen-bond acceptors (Lipinski definition) is 6. The van der Waals surface area contributed by atoms with Crippen molar-refractivity contribution >= 4 is 17.8 Å². The largest absolute Gasteiger partial charge is 0.462 e. The zero-order chi connectivity index (χ0) is 27.1. The van der Waals surface area contributed by atoms with E-state index in [9.17, 15) is 14.4 Å². The Bertz CT molecular complexity index is 1280. The number of rotatable bonds is 8. The highest BCUT2D eigenvalue weighted by Gasteiger charge is 2.34. The predicted octanol–water partition coefficient (Wildman–Crippen LogP) is 4.19. The van der Waals surface area contributed by atoms with Crippen LogP contribution < -0.4 is 0 Å². The topological polar surface area (TPSA) is 92.7 Å². The molecule has 0 radical (unpaired) electrons. The van der Waals surface area contributed by atoms with Gasteiger partial charge in [0, 0.05) is 31.2 Å². The van der Waals surface area contributed by atoms with Crippen LogP contribution >= 0.6 is 0 Å². The van der Waals surface area contributed by atoms with Gasteiger partial charge in [-0.3, -0.25) is 9.59 Å². The average molecular weight is 515 g/mol. The van der Waals surface area contributed by atoms with E-state index in [1.807, 2.05) is 79.4 Å². The van der Waals surface area contributed by atoms with Crippen LogP contribution in [0.15, 0.2) is 60.7 Å². The summed E-state index contributed by atoms with van der Waals surface area (Å²) in [5.74, 6) is -0.521. The zero-order valence-corrected chi connectivity index (χ0v) is 22.2. The van der Waals surface area contributed by atoms with Crippen LogP contribution in [0, 0.1) is 0 Å². The summed E-state index contributed by atoms with van der Waals surface area (Å²) in [4.78, 5) is 52.7. The molecule has 3 aromatic rings. The van der Waals surface area contributed by atoms with Crippen LogP contribution in [0.5, 0.6) is 0 Å². The second-order valence-electron chi connectivity index (χ2n) is 9.40. The molecule has 38 heavy (non-hydrogen) atoms. The molecule has 0 N–H and O–H groups in total. The quantitative estimate of drug-likeness (QED) is 0.419. The van der Waals surface area contributed by atoms with Gasteiger partial charge in [-0.05, 0) is 25.8 Å². The predicted molar refractivity (Wildman–Crippen MR) is 145 cm³/mol. The molecule has 0 aliphatic carbocycles. The lowest BCUT2D eigenvalue weighted by Crippen LogP contribution is -2.56. The van der Waals surface area contributed by atoms with Crippen LogP contribution in [0.1, 0.15) is 59.3 Å². The summed E-state index contributed by atoms with van der Waals surface area (Å²) in [6, 6.07) is 18.9. The first-order valence-electron chi connectivity index (χ1n) is 13.2. The summed E-state index contributed by atoms with van der Waals surface area (Å²) in [6.07, 6.45) is 1.57. The number of piperazine rings is 1. The fourth-order valence-corrected chi connectivity index (χ4v) is 4.75. The van der Waals surface area contributed by atoms with Crippen molar-refractivity contribution in [3.05, 3.63) is 83.2 Å². The molecule has 1 fully saturated rings. The van der Waals surface area contributed by atoms with E-state index in [0.717, 1.165) is 17.5 Å². The molecule has 0 bridgehead atoms. The number of aryl methyl sites for hydroxylation is 1. The Morgan fingerprint density at radius 1 is 0.947 bits per heavy atom. The first-order chi connectivity index (χ1) is 18.4. The maximum Gasteiger partial charge on any atom is 0.342 e. The highest BCUT2D eigenvalue weighted by atomic mass is 16.5. The van der Waals surface area contributed by atoms with E-state index in [2.05, 4.69) is 9.97 Å². The van der Waals surface area contributed by atoms with E-state index in [1.54, 1.807) is 11.8 Å². The highest BCUT2D eigenvalue weighted by molar-refractivity contribution is 6.05. The van der Waals surface area contributed by atoms with E-state index in [4.69, 9.17) is 4.74 Å². The van der Waals surface area contributed by atoms with E-state index in [1.165, 1.54) is 0 Å². The number of carbonyl (C=O) groups excluding carboxylic acids is 3. The first-order valence-corrected chi connectivity index (χ1v) is 13.2. The molecule has 8 heteroatoms. The molecule has 198 valence electrons. The maximum absolute atomic E-state index is 13.9. The summed E-state index contributed by atoms with van der Waals surface area (Å²) in [7, 11) is 0. The number of esters is 1. The second kappa shape index (κ2) is 12.4. The van der Waals surface area contributed by atoms with Gasteiger partial charge in [-0.1, -0.05) is 74.0 Å². The van der Waals surface area contributed by atoms with Crippen LogP contribution in [0.2, 0.25) is 0 Å².